The molecule has 96 valence electrons. The second kappa shape index (κ2) is 4.44. The van der Waals surface area contributed by atoms with Crippen molar-refractivity contribution in [3.63, 3.8) is 0 Å². The Kier molecular flexibility index (Phi) is 3.11. The van der Waals surface area contributed by atoms with Crippen molar-refractivity contribution in [2.75, 3.05) is 0 Å². The summed E-state index contributed by atoms with van der Waals surface area (Å²) >= 11 is 0. The Bertz CT molecular complexity index is 601. The molecule has 0 bridgehead atoms. The van der Waals surface area contributed by atoms with Gasteiger partial charge in [-0.05, 0) is 44.5 Å². The highest BCUT2D eigenvalue weighted by molar-refractivity contribution is 5.89. The quantitative estimate of drug-likeness (QED) is 0.903. The molecular formula is C14H16FNO2. The average molecular weight is 249 g/mol. The fourth-order valence-corrected chi connectivity index (χ4v) is 2.16. The summed E-state index contributed by atoms with van der Waals surface area (Å²) in [5.74, 6) is -1.89. The molecule has 1 unspecified atom stereocenters. The normalized spacial score (nSPS) is 13.2. The van der Waals surface area contributed by atoms with Gasteiger partial charge in [0.15, 0.2) is 0 Å². The van der Waals surface area contributed by atoms with Crippen molar-refractivity contribution in [2.24, 2.45) is 0 Å². The lowest BCUT2D eigenvalue weighted by molar-refractivity contribution is -0.138. The van der Waals surface area contributed by atoms with Crippen molar-refractivity contribution in [2.45, 2.75) is 32.7 Å². The molecule has 1 heterocycles. The topological polar surface area (TPSA) is 42.2 Å². The molecule has 0 fully saturated rings. The SMILES string of the molecule is CC(C(=O)O)c1cn(C(C)C)c2ccc(F)cc12. The molecule has 0 aliphatic rings. The number of hydrogen-bond acceptors (Lipinski definition) is 1. The predicted octanol–water partition coefficient (Wildman–Crippen LogP) is 3.55. The van der Waals surface area contributed by atoms with Crippen molar-refractivity contribution < 1.29 is 14.3 Å². The fraction of sp³-hybridized carbons (Fsp3) is 0.357. The molecule has 2 rings (SSSR count). The van der Waals surface area contributed by atoms with E-state index in [0.29, 0.717) is 10.9 Å². The van der Waals surface area contributed by atoms with Crippen molar-refractivity contribution in [3.05, 3.63) is 35.8 Å². The maximum atomic E-state index is 13.3. The Hall–Kier alpha value is -1.84. The minimum atomic E-state index is -0.901. The monoisotopic (exact) mass is 249 g/mol. The van der Waals surface area contributed by atoms with Crippen molar-refractivity contribution >= 4 is 16.9 Å². The molecule has 0 aliphatic heterocycles. The third kappa shape index (κ3) is 1.98. The van der Waals surface area contributed by atoms with Crippen molar-refractivity contribution in [3.8, 4) is 0 Å². The smallest absolute Gasteiger partial charge is 0.310 e. The first-order chi connectivity index (χ1) is 8.41. The lowest BCUT2D eigenvalue weighted by atomic mass is 10.0. The highest BCUT2D eigenvalue weighted by Gasteiger charge is 2.20. The summed E-state index contributed by atoms with van der Waals surface area (Å²) in [5.41, 5.74) is 1.53. The summed E-state index contributed by atoms with van der Waals surface area (Å²) in [6.45, 7) is 5.64. The van der Waals surface area contributed by atoms with Crippen LogP contribution in [-0.2, 0) is 4.79 Å². The van der Waals surface area contributed by atoms with Gasteiger partial charge in [-0.15, -0.1) is 0 Å². The zero-order valence-electron chi connectivity index (χ0n) is 10.6. The molecule has 4 heteroatoms. The van der Waals surface area contributed by atoms with Gasteiger partial charge in [-0.2, -0.15) is 0 Å². The van der Waals surface area contributed by atoms with Crippen molar-refractivity contribution in [1.29, 1.82) is 0 Å². The van der Waals surface area contributed by atoms with E-state index in [1.54, 1.807) is 13.0 Å². The number of halogens is 1. The van der Waals surface area contributed by atoms with Crippen LogP contribution in [0.25, 0.3) is 10.9 Å². The van der Waals surface area contributed by atoms with Gasteiger partial charge < -0.3 is 9.67 Å². The van der Waals surface area contributed by atoms with E-state index in [2.05, 4.69) is 0 Å². The number of benzene rings is 1. The number of aromatic nitrogens is 1. The number of rotatable bonds is 3. The summed E-state index contributed by atoms with van der Waals surface area (Å²) in [6, 6.07) is 4.70. The van der Waals surface area contributed by atoms with Crippen LogP contribution < -0.4 is 0 Å². The van der Waals surface area contributed by atoms with E-state index in [-0.39, 0.29) is 11.9 Å². The maximum Gasteiger partial charge on any atom is 0.310 e. The molecule has 0 aliphatic carbocycles. The van der Waals surface area contributed by atoms with Gasteiger partial charge in [-0.25, -0.2) is 4.39 Å². The van der Waals surface area contributed by atoms with Gasteiger partial charge in [0.2, 0.25) is 0 Å². The van der Waals surface area contributed by atoms with E-state index >= 15 is 0 Å². The molecule has 1 atom stereocenters. The largest absolute Gasteiger partial charge is 0.481 e. The molecule has 2 aromatic rings. The standard InChI is InChI=1S/C14H16FNO2/c1-8(2)16-7-12(9(3)14(17)18)11-6-10(15)4-5-13(11)16/h4-9H,1-3H3,(H,17,18). The van der Waals surface area contributed by atoms with E-state index in [9.17, 15) is 9.18 Å². The van der Waals surface area contributed by atoms with Crippen LogP contribution in [0.5, 0.6) is 0 Å². The molecule has 0 radical (unpaired) electrons. The fourth-order valence-electron chi connectivity index (χ4n) is 2.16. The lowest BCUT2D eigenvalue weighted by Gasteiger charge is -2.08. The van der Waals surface area contributed by atoms with Crippen LogP contribution in [0.1, 0.15) is 38.3 Å². The van der Waals surface area contributed by atoms with Gasteiger partial charge in [0, 0.05) is 23.1 Å². The molecule has 0 saturated heterocycles. The summed E-state index contributed by atoms with van der Waals surface area (Å²) in [7, 11) is 0. The van der Waals surface area contributed by atoms with Gasteiger partial charge in [0.05, 0.1) is 5.92 Å². The Morgan fingerprint density at radius 2 is 2.00 bits per heavy atom. The first-order valence-corrected chi connectivity index (χ1v) is 5.94. The van der Waals surface area contributed by atoms with Crippen LogP contribution in [0.4, 0.5) is 4.39 Å². The van der Waals surface area contributed by atoms with Crippen LogP contribution in [-0.4, -0.2) is 15.6 Å². The third-order valence-corrected chi connectivity index (χ3v) is 3.22. The summed E-state index contributed by atoms with van der Waals surface area (Å²) in [6.07, 6.45) is 1.81. The number of carboxylic acids is 1. The first kappa shape index (κ1) is 12.6. The number of carboxylic acid groups (broad SMARTS) is 1. The molecule has 1 N–H and O–H groups in total. The van der Waals surface area contributed by atoms with Crippen LogP contribution in [0.15, 0.2) is 24.4 Å². The van der Waals surface area contributed by atoms with Gasteiger partial charge in [0.1, 0.15) is 5.82 Å². The maximum absolute atomic E-state index is 13.3. The first-order valence-electron chi connectivity index (χ1n) is 5.94. The Balaban J connectivity index is 2.73. The highest BCUT2D eigenvalue weighted by Crippen LogP contribution is 2.30. The van der Waals surface area contributed by atoms with Gasteiger partial charge in [-0.3, -0.25) is 4.79 Å². The molecule has 0 amide bonds. The van der Waals surface area contributed by atoms with Crippen LogP contribution in [0, 0.1) is 5.82 Å². The minimum Gasteiger partial charge on any atom is -0.481 e. The van der Waals surface area contributed by atoms with Gasteiger partial charge in [-0.1, -0.05) is 0 Å². The number of carbonyl (C=O) groups is 1. The molecule has 0 spiro atoms. The number of fused-ring (bicyclic) bond motifs is 1. The van der Waals surface area contributed by atoms with Crippen LogP contribution in [0.2, 0.25) is 0 Å². The zero-order valence-corrected chi connectivity index (χ0v) is 10.6. The molecular weight excluding hydrogens is 233 g/mol. The molecule has 18 heavy (non-hydrogen) atoms. The summed E-state index contributed by atoms with van der Waals surface area (Å²) < 4.78 is 15.3. The minimum absolute atomic E-state index is 0.202. The second-order valence-electron chi connectivity index (χ2n) is 4.81. The lowest BCUT2D eigenvalue weighted by Crippen LogP contribution is -2.07. The second-order valence-corrected chi connectivity index (χ2v) is 4.81. The van der Waals surface area contributed by atoms with Crippen LogP contribution in [0.3, 0.4) is 0 Å². The average Bonchev–Trinajstić information content (AvgIpc) is 2.66. The molecule has 0 saturated carbocycles. The van der Waals surface area contributed by atoms with Gasteiger partial charge in [0.25, 0.3) is 0 Å². The summed E-state index contributed by atoms with van der Waals surface area (Å²) in [5, 5.41) is 9.79. The molecule has 3 nitrogen and oxygen atoms in total. The van der Waals surface area contributed by atoms with E-state index < -0.39 is 11.9 Å². The molecule has 1 aromatic heterocycles. The van der Waals surface area contributed by atoms with E-state index in [1.165, 1.54) is 12.1 Å². The van der Waals surface area contributed by atoms with E-state index in [1.807, 2.05) is 24.6 Å². The number of aliphatic carboxylic acids is 1. The molecule has 1 aromatic carbocycles. The Labute approximate surface area is 105 Å². The number of hydrogen-bond donors (Lipinski definition) is 1. The van der Waals surface area contributed by atoms with E-state index in [0.717, 1.165) is 5.52 Å². The highest BCUT2D eigenvalue weighted by atomic mass is 19.1. The van der Waals surface area contributed by atoms with E-state index in [4.69, 9.17) is 5.11 Å². The third-order valence-electron chi connectivity index (χ3n) is 3.22. The van der Waals surface area contributed by atoms with Gasteiger partial charge >= 0.3 is 5.97 Å². The number of nitrogens with zero attached hydrogens (tertiary/aromatic N) is 1. The Morgan fingerprint density at radius 1 is 1.33 bits per heavy atom. The van der Waals surface area contributed by atoms with Crippen LogP contribution >= 0.6 is 0 Å². The zero-order chi connectivity index (χ0) is 13.4. The summed E-state index contributed by atoms with van der Waals surface area (Å²) in [4.78, 5) is 11.1. The van der Waals surface area contributed by atoms with Crippen molar-refractivity contribution in [1.82, 2.24) is 4.57 Å². The Morgan fingerprint density at radius 3 is 2.56 bits per heavy atom. The predicted molar refractivity (Wildman–Crippen MR) is 68.3 cm³/mol.